The molecule has 0 spiro atoms. The lowest BCUT2D eigenvalue weighted by atomic mass is 10.1. The number of carbonyl (C=O) groups is 1. The van der Waals surface area contributed by atoms with Gasteiger partial charge in [-0.15, -0.1) is 11.3 Å². The number of thiophene rings is 1. The Bertz CT molecular complexity index is 678. The van der Waals surface area contributed by atoms with Crippen molar-refractivity contribution in [2.24, 2.45) is 0 Å². The van der Waals surface area contributed by atoms with Gasteiger partial charge in [0.15, 0.2) is 0 Å². The standard InChI is InChI=1S/C16H19N3O2S/c1-10-6-15(22-9-10)16(20)19-4-5-21-14(8-19)13-7-11(2)17-12(3)18-13/h6-7,9,14H,4-5,8H2,1-3H3/t14-/m0/s1. The minimum atomic E-state index is -0.181. The molecule has 1 atom stereocenters. The summed E-state index contributed by atoms with van der Waals surface area (Å²) in [6, 6.07) is 3.87. The fraction of sp³-hybridized carbons (Fsp3) is 0.438. The molecule has 2 aromatic rings. The molecule has 0 saturated carbocycles. The molecule has 0 N–H and O–H groups in total. The predicted octanol–water partition coefficient (Wildman–Crippen LogP) is 2.68. The zero-order chi connectivity index (χ0) is 15.7. The lowest BCUT2D eigenvalue weighted by Crippen LogP contribution is -2.42. The fourth-order valence-corrected chi connectivity index (χ4v) is 3.49. The molecule has 1 fully saturated rings. The Kier molecular flexibility index (Phi) is 4.22. The van der Waals surface area contributed by atoms with Crippen LogP contribution in [0.5, 0.6) is 0 Å². The topological polar surface area (TPSA) is 55.3 Å². The maximum absolute atomic E-state index is 12.6. The summed E-state index contributed by atoms with van der Waals surface area (Å²) >= 11 is 1.50. The number of hydrogen-bond acceptors (Lipinski definition) is 5. The van der Waals surface area contributed by atoms with Crippen LogP contribution in [0.25, 0.3) is 0 Å². The highest BCUT2D eigenvalue weighted by atomic mass is 32.1. The van der Waals surface area contributed by atoms with Crippen LogP contribution < -0.4 is 0 Å². The molecule has 3 rings (SSSR count). The highest BCUT2D eigenvalue weighted by Crippen LogP contribution is 2.24. The molecule has 1 saturated heterocycles. The van der Waals surface area contributed by atoms with E-state index in [1.807, 2.05) is 43.2 Å². The van der Waals surface area contributed by atoms with Crippen LogP contribution in [0.2, 0.25) is 0 Å². The van der Waals surface area contributed by atoms with E-state index < -0.39 is 0 Å². The third-order valence-electron chi connectivity index (χ3n) is 3.61. The monoisotopic (exact) mass is 317 g/mol. The second-order valence-corrected chi connectivity index (χ2v) is 6.49. The Morgan fingerprint density at radius 1 is 1.32 bits per heavy atom. The van der Waals surface area contributed by atoms with E-state index in [2.05, 4.69) is 9.97 Å². The van der Waals surface area contributed by atoms with Crippen molar-refractivity contribution >= 4 is 17.2 Å². The maximum Gasteiger partial charge on any atom is 0.264 e. The van der Waals surface area contributed by atoms with Crippen LogP contribution in [-0.4, -0.2) is 40.5 Å². The van der Waals surface area contributed by atoms with Gasteiger partial charge in [-0.1, -0.05) is 0 Å². The highest BCUT2D eigenvalue weighted by Gasteiger charge is 2.27. The highest BCUT2D eigenvalue weighted by molar-refractivity contribution is 7.12. The summed E-state index contributed by atoms with van der Waals surface area (Å²) in [5, 5.41) is 2.00. The normalized spacial score (nSPS) is 18.5. The average Bonchev–Trinajstić information content (AvgIpc) is 2.92. The van der Waals surface area contributed by atoms with E-state index in [0.717, 1.165) is 27.7 Å². The SMILES string of the molecule is Cc1csc(C(=O)N2CCO[C@H](c3cc(C)nc(C)n3)C2)c1. The van der Waals surface area contributed by atoms with Crippen molar-refractivity contribution in [2.75, 3.05) is 19.7 Å². The van der Waals surface area contributed by atoms with E-state index in [9.17, 15) is 4.79 Å². The lowest BCUT2D eigenvalue weighted by Gasteiger charge is -2.32. The van der Waals surface area contributed by atoms with E-state index in [1.165, 1.54) is 11.3 Å². The number of carbonyl (C=O) groups excluding carboxylic acids is 1. The summed E-state index contributed by atoms with van der Waals surface area (Å²) < 4.78 is 5.81. The van der Waals surface area contributed by atoms with Gasteiger partial charge in [-0.3, -0.25) is 4.79 Å². The van der Waals surface area contributed by atoms with E-state index in [1.54, 1.807) is 0 Å². The van der Waals surface area contributed by atoms with Gasteiger partial charge in [-0.2, -0.15) is 0 Å². The van der Waals surface area contributed by atoms with Crippen LogP contribution in [0.15, 0.2) is 17.5 Å². The molecule has 2 aromatic heterocycles. The van der Waals surface area contributed by atoms with Gasteiger partial charge in [0.25, 0.3) is 5.91 Å². The molecule has 22 heavy (non-hydrogen) atoms. The quantitative estimate of drug-likeness (QED) is 0.854. The van der Waals surface area contributed by atoms with Crippen LogP contribution >= 0.6 is 11.3 Å². The predicted molar refractivity (Wildman–Crippen MR) is 85.2 cm³/mol. The largest absolute Gasteiger partial charge is 0.368 e. The minimum absolute atomic E-state index is 0.0777. The summed E-state index contributed by atoms with van der Waals surface area (Å²) in [5.41, 5.74) is 2.90. The molecular formula is C16H19N3O2S. The maximum atomic E-state index is 12.6. The number of ether oxygens (including phenoxy) is 1. The number of nitrogens with zero attached hydrogens (tertiary/aromatic N) is 3. The molecule has 1 amide bonds. The van der Waals surface area contributed by atoms with E-state index in [-0.39, 0.29) is 12.0 Å². The van der Waals surface area contributed by atoms with Crippen LogP contribution in [0.1, 0.15) is 38.6 Å². The number of aromatic nitrogens is 2. The third-order valence-corrected chi connectivity index (χ3v) is 4.65. The molecule has 1 aliphatic rings. The Morgan fingerprint density at radius 3 is 2.82 bits per heavy atom. The first kappa shape index (κ1) is 15.1. The van der Waals surface area contributed by atoms with Gasteiger partial charge in [0, 0.05) is 12.2 Å². The van der Waals surface area contributed by atoms with Gasteiger partial charge in [0.1, 0.15) is 11.9 Å². The molecule has 116 valence electrons. The van der Waals surface area contributed by atoms with Crippen molar-refractivity contribution in [2.45, 2.75) is 26.9 Å². The number of rotatable bonds is 2. The number of morpholine rings is 1. The van der Waals surface area contributed by atoms with E-state index in [4.69, 9.17) is 4.74 Å². The minimum Gasteiger partial charge on any atom is -0.368 e. The second kappa shape index (κ2) is 6.14. The first-order valence-corrected chi connectivity index (χ1v) is 8.19. The molecular weight excluding hydrogens is 298 g/mol. The average molecular weight is 317 g/mol. The van der Waals surface area contributed by atoms with Gasteiger partial charge < -0.3 is 9.64 Å². The van der Waals surface area contributed by atoms with Gasteiger partial charge in [-0.25, -0.2) is 9.97 Å². The first-order valence-electron chi connectivity index (χ1n) is 7.31. The number of hydrogen-bond donors (Lipinski definition) is 0. The summed E-state index contributed by atoms with van der Waals surface area (Å²) in [6.45, 7) is 7.50. The van der Waals surface area contributed by atoms with Crippen molar-refractivity contribution < 1.29 is 9.53 Å². The van der Waals surface area contributed by atoms with Gasteiger partial charge in [0.2, 0.25) is 0 Å². The Morgan fingerprint density at radius 2 is 2.14 bits per heavy atom. The van der Waals surface area contributed by atoms with Gasteiger partial charge in [-0.05, 0) is 43.8 Å². The molecule has 0 radical (unpaired) electrons. The summed E-state index contributed by atoms with van der Waals surface area (Å²) in [4.78, 5) is 24.0. The molecule has 0 aromatic carbocycles. The fourth-order valence-electron chi connectivity index (χ4n) is 2.62. The van der Waals surface area contributed by atoms with Crippen LogP contribution in [0.3, 0.4) is 0 Å². The zero-order valence-electron chi connectivity index (χ0n) is 13.0. The Labute approximate surface area is 134 Å². The Balaban J connectivity index is 1.78. The smallest absolute Gasteiger partial charge is 0.264 e. The summed E-state index contributed by atoms with van der Waals surface area (Å²) in [6.07, 6.45) is -0.181. The van der Waals surface area contributed by atoms with Crippen molar-refractivity contribution in [3.63, 3.8) is 0 Å². The number of amides is 1. The van der Waals surface area contributed by atoms with E-state index in [0.29, 0.717) is 19.7 Å². The number of aryl methyl sites for hydroxylation is 3. The third kappa shape index (κ3) is 3.18. The second-order valence-electron chi connectivity index (χ2n) is 5.58. The zero-order valence-corrected chi connectivity index (χ0v) is 13.8. The van der Waals surface area contributed by atoms with Gasteiger partial charge >= 0.3 is 0 Å². The molecule has 0 bridgehead atoms. The molecule has 3 heterocycles. The molecule has 6 heteroatoms. The first-order chi connectivity index (χ1) is 10.5. The lowest BCUT2D eigenvalue weighted by molar-refractivity contribution is -0.0247. The molecule has 0 unspecified atom stereocenters. The van der Waals surface area contributed by atoms with Gasteiger partial charge in [0.05, 0.1) is 23.7 Å². The van der Waals surface area contributed by atoms with E-state index >= 15 is 0 Å². The van der Waals surface area contributed by atoms with Crippen molar-refractivity contribution in [3.8, 4) is 0 Å². The van der Waals surface area contributed by atoms with Crippen LogP contribution in [0, 0.1) is 20.8 Å². The van der Waals surface area contributed by atoms with Crippen LogP contribution in [0.4, 0.5) is 0 Å². The van der Waals surface area contributed by atoms with Crippen LogP contribution in [-0.2, 0) is 4.74 Å². The summed E-state index contributed by atoms with van der Waals surface area (Å²) in [7, 11) is 0. The molecule has 1 aliphatic heterocycles. The molecule has 0 aliphatic carbocycles. The Hall–Kier alpha value is -1.79. The summed E-state index contributed by atoms with van der Waals surface area (Å²) in [5.74, 6) is 0.810. The van der Waals surface area contributed by atoms with Crippen molar-refractivity contribution in [3.05, 3.63) is 45.2 Å². The van der Waals surface area contributed by atoms with Crippen molar-refractivity contribution in [1.29, 1.82) is 0 Å². The van der Waals surface area contributed by atoms with Crippen molar-refractivity contribution in [1.82, 2.24) is 14.9 Å². The molecule has 5 nitrogen and oxygen atoms in total.